The van der Waals surface area contributed by atoms with Crippen molar-refractivity contribution in [3.8, 4) is 11.5 Å². The fourth-order valence-electron chi connectivity index (χ4n) is 2.44. The third-order valence-corrected chi connectivity index (χ3v) is 3.82. The number of methoxy groups -OCH3 is 2. The molecule has 1 atom stereocenters. The largest absolute Gasteiger partial charge is 0.493 e. The highest BCUT2D eigenvalue weighted by Gasteiger charge is 2.17. The molecule has 1 aromatic carbocycles. The molecule has 1 N–H and O–H groups in total. The minimum Gasteiger partial charge on any atom is -0.493 e. The van der Waals surface area contributed by atoms with Gasteiger partial charge in [-0.2, -0.15) is 0 Å². The number of hydrogen-bond acceptors (Lipinski definition) is 5. The molecule has 0 amide bonds. The first-order valence-electron chi connectivity index (χ1n) is 7.05. The van der Waals surface area contributed by atoms with Gasteiger partial charge in [0.25, 0.3) is 0 Å². The number of benzene rings is 1. The Hall–Kier alpha value is -1.01. The van der Waals surface area contributed by atoms with E-state index < -0.39 is 0 Å². The van der Waals surface area contributed by atoms with Crippen LogP contribution in [-0.2, 0) is 11.3 Å². The van der Waals surface area contributed by atoms with Gasteiger partial charge < -0.3 is 24.4 Å². The molecule has 1 aromatic rings. The molecule has 1 fully saturated rings. The lowest BCUT2D eigenvalue weighted by molar-refractivity contribution is -0.0182. The molecule has 0 bridgehead atoms. The van der Waals surface area contributed by atoms with Gasteiger partial charge in [0.2, 0.25) is 0 Å². The molecule has 118 valence electrons. The third-order valence-electron chi connectivity index (χ3n) is 3.54. The Morgan fingerprint density at radius 1 is 1.38 bits per heavy atom. The number of hydrogen-bond donors (Lipinski definition) is 1. The zero-order chi connectivity index (χ0) is 15.2. The molecule has 5 nitrogen and oxygen atoms in total. The third kappa shape index (κ3) is 4.48. The lowest BCUT2D eigenvalue weighted by Crippen LogP contribution is -2.44. The molecule has 2 rings (SSSR count). The Balaban J connectivity index is 1.89. The first kappa shape index (κ1) is 16.4. The van der Waals surface area contributed by atoms with Crippen LogP contribution in [0.25, 0.3) is 0 Å². The normalized spacial score (nSPS) is 19.5. The molecule has 6 heteroatoms. The van der Waals surface area contributed by atoms with Gasteiger partial charge in [-0.05, 0) is 24.7 Å². The number of rotatable bonds is 6. The van der Waals surface area contributed by atoms with E-state index in [9.17, 15) is 0 Å². The average Bonchev–Trinajstić information content (AvgIpc) is 2.46. The molecular formula is C15H23ClN2O3. The molecule has 0 aromatic heterocycles. The number of ether oxygens (including phenoxy) is 3. The molecule has 0 radical (unpaired) electrons. The van der Waals surface area contributed by atoms with Crippen molar-refractivity contribution in [2.45, 2.75) is 12.6 Å². The van der Waals surface area contributed by atoms with Gasteiger partial charge in [-0.25, -0.2) is 0 Å². The van der Waals surface area contributed by atoms with Crippen molar-refractivity contribution in [3.05, 3.63) is 22.7 Å². The van der Waals surface area contributed by atoms with Crippen molar-refractivity contribution in [2.24, 2.45) is 0 Å². The Morgan fingerprint density at radius 3 is 2.86 bits per heavy atom. The summed E-state index contributed by atoms with van der Waals surface area (Å²) in [5.41, 5.74) is 1.06. The number of likely N-dealkylation sites (N-methyl/N-ethyl adjacent to an activating group) is 1. The molecule has 21 heavy (non-hydrogen) atoms. The van der Waals surface area contributed by atoms with Crippen LogP contribution >= 0.6 is 11.6 Å². The quantitative estimate of drug-likeness (QED) is 0.867. The second-order valence-electron chi connectivity index (χ2n) is 5.20. The molecule has 1 saturated heterocycles. The summed E-state index contributed by atoms with van der Waals surface area (Å²) in [6.45, 7) is 4.28. The van der Waals surface area contributed by atoms with E-state index in [-0.39, 0.29) is 6.10 Å². The Labute approximate surface area is 131 Å². The standard InChI is InChI=1S/C15H23ClN2O3/c1-18-4-5-21-12(10-18)9-17-8-11-6-13(16)15(20-3)14(7-11)19-2/h6-7,12,17H,4-5,8-10H2,1-3H3/t12-/m1/s1. The SMILES string of the molecule is COc1cc(CNC[C@@H]2CN(C)CCO2)cc(Cl)c1OC. The monoisotopic (exact) mass is 314 g/mol. The number of nitrogens with zero attached hydrogens (tertiary/aromatic N) is 1. The summed E-state index contributed by atoms with van der Waals surface area (Å²) >= 11 is 6.20. The highest BCUT2D eigenvalue weighted by Crippen LogP contribution is 2.35. The van der Waals surface area contributed by atoms with Crippen molar-refractivity contribution in [1.29, 1.82) is 0 Å². The van der Waals surface area contributed by atoms with Crippen LogP contribution in [0, 0.1) is 0 Å². The van der Waals surface area contributed by atoms with E-state index in [1.807, 2.05) is 12.1 Å². The van der Waals surface area contributed by atoms with Crippen molar-refractivity contribution < 1.29 is 14.2 Å². The Morgan fingerprint density at radius 2 is 2.19 bits per heavy atom. The number of nitrogens with one attached hydrogen (secondary N) is 1. The molecule has 0 aliphatic carbocycles. The topological polar surface area (TPSA) is 43.0 Å². The van der Waals surface area contributed by atoms with Gasteiger partial charge in [0.05, 0.1) is 32.0 Å². The van der Waals surface area contributed by atoms with Crippen LogP contribution in [-0.4, -0.2) is 58.5 Å². The summed E-state index contributed by atoms with van der Waals surface area (Å²) in [6.07, 6.45) is 0.236. The smallest absolute Gasteiger partial charge is 0.179 e. The highest BCUT2D eigenvalue weighted by atomic mass is 35.5. The van der Waals surface area contributed by atoms with E-state index in [2.05, 4.69) is 17.3 Å². The summed E-state index contributed by atoms with van der Waals surface area (Å²) in [7, 11) is 5.30. The number of morpholine rings is 1. The maximum absolute atomic E-state index is 6.20. The van der Waals surface area contributed by atoms with Crippen molar-refractivity contribution in [3.63, 3.8) is 0 Å². The van der Waals surface area contributed by atoms with E-state index in [1.54, 1.807) is 14.2 Å². The summed E-state index contributed by atoms with van der Waals surface area (Å²) in [6, 6.07) is 3.83. The van der Waals surface area contributed by atoms with Crippen LogP contribution in [0.1, 0.15) is 5.56 Å². The van der Waals surface area contributed by atoms with Crippen LogP contribution in [0.5, 0.6) is 11.5 Å². The van der Waals surface area contributed by atoms with Gasteiger partial charge in [-0.15, -0.1) is 0 Å². The summed E-state index contributed by atoms with van der Waals surface area (Å²) < 4.78 is 16.2. The van der Waals surface area contributed by atoms with E-state index in [4.69, 9.17) is 25.8 Å². The second kappa shape index (κ2) is 7.84. The van der Waals surface area contributed by atoms with Gasteiger partial charge in [-0.3, -0.25) is 0 Å². The fraction of sp³-hybridized carbons (Fsp3) is 0.600. The summed E-state index contributed by atoms with van der Waals surface area (Å²) in [4.78, 5) is 2.28. The Kier molecular flexibility index (Phi) is 6.11. The predicted molar refractivity (Wildman–Crippen MR) is 83.5 cm³/mol. The maximum atomic E-state index is 6.20. The lowest BCUT2D eigenvalue weighted by Gasteiger charge is -2.30. The molecular weight excluding hydrogens is 292 g/mol. The Bertz CT molecular complexity index is 470. The minimum absolute atomic E-state index is 0.236. The number of halogens is 1. The molecule has 1 aliphatic rings. The van der Waals surface area contributed by atoms with Crippen LogP contribution in [0.3, 0.4) is 0 Å². The maximum Gasteiger partial charge on any atom is 0.179 e. The first-order chi connectivity index (χ1) is 10.1. The van der Waals surface area contributed by atoms with Gasteiger partial charge in [0, 0.05) is 26.2 Å². The first-order valence-corrected chi connectivity index (χ1v) is 7.43. The van der Waals surface area contributed by atoms with Crippen molar-refractivity contribution >= 4 is 11.6 Å². The lowest BCUT2D eigenvalue weighted by atomic mass is 10.2. The molecule has 1 aliphatic heterocycles. The van der Waals surface area contributed by atoms with Crippen LogP contribution in [0.4, 0.5) is 0 Å². The zero-order valence-electron chi connectivity index (χ0n) is 12.8. The summed E-state index contributed by atoms with van der Waals surface area (Å²) in [5.74, 6) is 1.22. The van der Waals surface area contributed by atoms with Crippen LogP contribution < -0.4 is 14.8 Å². The molecule has 1 heterocycles. The molecule has 0 spiro atoms. The van der Waals surface area contributed by atoms with Gasteiger partial charge in [-0.1, -0.05) is 11.6 Å². The van der Waals surface area contributed by atoms with Gasteiger partial charge >= 0.3 is 0 Å². The molecule has 0 unspecified atom stereocenters. The van der Waals surface area contributed by atoms with Crippen molar-refractivity contribution in [2.75, 3.05) is 47.5 Å². The molecule has 0 saturated carbocycles. The highest BCUT2D eigenvalue weighted by molar-refractivity contribution is 6.32. The second-order valence-corrected chi connectivity index (χ2v) is 5.61. The van der Waals surface area contributed by atoms with E-state index >= 15 is 0 Å². The van der Waals surface area contributed by atoms with Crippen LogP contribution in [0.2, 0.25) is 5.02 Å². The van der Waals surface area contributed by atoms with Crippen molar-refractivity contribution in [1.82, 2.24) is 10.2 Å². The average molecular weight is 315 g/mol. The fourth-order valence-corrected chi connectivity index (χ4v) is 2.75. The minimum atomic E-state index is 0.236. The van der Waals surface area contributed by atoms with Crippen LogP contribution in [0.15, 0.2) is 12.1 Å². The van der Waals surface area contributed by atoms with E-state index in [0.717, 1.165) is 31.8 Å². The van der Waals surface area contributed by atoms with E-state index in [0.29, 0.717) is 23.1 Å². The predicted octanol–water partition coefficient (Wildman–Crippen LogP) is 1.78. The van der Waals surface area contributed by atoms with E-state index in [1.165, 1.54) is 0 Å². The van der Waals surface area contributed by atoms with Gasteiger partial charge in [0.15, 0.2) is 11.5 Å². The summed E-state index contributed by atoms with van der Waals surface area (Å²) in [5, 5.41) is 3.96. The zero-order valence-corrected chi connectivity index (χ0v) is 13.6. The van der Waals surface area contributed by atoms with Gasteiger partial charge in [0.1, 0.15) is 0 Å².